The van der Waals surface area contributed by atoms with Crippen LogP contribution in [0.25, 0.3) is 17.1 Å². The molecule has 0 aliphatic carbocycles. The maximum Gasteiger partial charge on any atom is 0.250 e. The first-order valence-electron chi connectivity index (χ1n) is 11.5. The Morgan fingerprint density at radius 1 is 1.08 bits per heavy atom. The molecule has 8 nitrogen and oxygen atoms in total. The summed E-state index contributed by atoms with van der Waals surface area (Å²) >= 11 is 4.88. The number of thioether (sulfide) groups is 1. The van der Waals surface area contributed by atoms with Crippen LogP contribution in [-0.2, 0) is 4.79 Å². The smallest absolute Gasteiger partial charge is 0.250 e. The molecule has 0 unspecified atom stereocenters. The van der Waals surface area contributed by atoms with Crippen LogP contribution in [0.1, 0.15) is 19.4 Å². The second-order valence-corrected chi connectivity index (χ2v) is 9.91. The zero-order valence-corrected chi connectivity index (χ0v) is 23.0. The van der Waals surface area contributed by atoms with E-state index in [-0.39, 0.29) is 17.8 Å². The molecule has 37 heavy (non-hydrogen) atoms. The van der Waals surface area contributed by atoms with Crippen LogP contribution in [0, 0.1) is 0 Å². The summed E-state index contributed by atoms with van der Waals surface area (Å²) in [5, 5.41) is 13.5. The normalized spacial score (nSPS) is 11.2. The number of rotatable bonds is 10. The number of benzene rings is 3. The summed E-state index contributed by atoms with van der Waals surface area (Å²) in [6.07, 6.45) is 1.59. The summed E-state index contributed by atoms with van der Waals surface area (Å²) < 4.78 is 14.0. The van der Waals surface area contributed by atoms with Crippen molar-refractivity contribution in [2.75, 3.05) is 12.9 Å². The van der Waals surface area contributed by atoms with Crippen molar-refractivity contribution in [2.24, 2.45) is 5.10 Å². The fourth-order valence-corrected chi connectivity index (χ4v) is 4.65. The molecule has 0 spiro atoms. The van der Waals surface area contributed by atoms with Crippen LogP contribution < -0.4 is 14.9 Å². The Balaban J connectivity index is 1.45. The molecule has 0 aliphatic rings. The number of para-hydroxylation sites is 1. The zero-order valence-electron chi connectivity index (χ0n) is 20.6. The summed E-state index contributed by atoms with van der Waals surface area (Å²) in [5.74, 6) is 1.78. The highest BCUT2D eigenvalue weighted by molar-refractivity contribution is 9.10. The maximum absolute atomic E-state index is 12.5. The molecule has 1 heterocycles. The fourth-order valence-electron chi connectivity index (χ4n) is 3.45. The second-order valence-electron chi connectivity index (χ2n) is 8.12. The Kier molecular flexibility index (Phi) is 8.97. The van der Waals surface area contributed by atoms with Gasteiger partial charge in [-0.05, 0) is 55.8 Å². The molecule has 10 heteroatoms. The Hall–Kier alpha value is -3.63. The number of carbonyl (C=O) groups excluding carboxylic acids is 1. The Bertz CT molecular complexity index is 1390. The number of hydrogen-bond acceptors (Lipinski definition) is 7. The molecule has 4 aromatic rings. The van der Waals surface area contributed by atoms with Crippen LogP contribution in [0.2, 0.25) is 0 Å². The average molecular weight is 581 g/mol. The van der Waals surface area contributed by atoms with E-state index in [1.807, 2.05) is 85.1 Å². The Morgan fingerprint density at radius 2 is 1.84 bits per heavy atom. The predicted molar refractivity (Wildman–Crippen MR) is 150 cm³/mol. The van der Waals surface area contributed by atoms with Crippen molar-refractivity contribution in [3.63, 3.8) is 0 Å². The first-order chi connectivity index (χ1) is 18.0. The number of carbonyl (C=O) groups is 1. The SMILES string of the molecule is COc1cc(/C=N\NC(=O)CSc2nnc(-c3ccccc3Br)n2-c2ccccc2)ccc1OC(C)C. The van der Waals surface area contributed by atoms with Gasteiger partial charge in [0, 0.05) is 15.7 Å². The molecule has 3 aromatic carbocycles. The number of halogens is 1. The van der Waals surface area contributed by atoms with Gasteiger partial charge >= 0.3 is 0 Å². The molecular formula is C27H26BrN5O3S. The molecule has 0 atom stereocenters. The number of aromatic nitrogens is 3. The highest BCUT2D eigenvalue weighted by Crippen LogP contribution is 2.32. The average Bonchev–Trinajstić information content (AvgIpc) is 3.32. The highest BCUT2D eigenvalue weighted by Gasteiger charge is 2.18. The molecule has 0 saturated carbocycles. The van der Waals surface area contributed by atoms with E-state index in [1.165, 1.54) is 11.8 Å². The van der Waals surface area contributed by atoms with Crippen molar-refractivity contribution in [2.45, 2.75) is 25.1 Å². The van der Waals surface area contributed by atoms with Crippen molar-refractivity contribution < 1.29 is 14.3 Å². The zero-order chi connectivity index (χ0) is 26.2. The van der Waals surface area contributed by atoms with Gasteiger partial charge in [-0.25, -0.2) is 5.43 Å². The van der Waals surface area contributed by atoms with Gasteiger partial charge in [0.1, 0.15) is 0 Å². The van der Waals surface area contributed by atoms with E-state index in [9.17, 15) is 4.79 Å². The second kappa shape index (κ2) is 12.6. The molecular weight excluding hydrogens is 554 g/mol. The standard InChI is InChI=1S/C27H26BrN5O3S/c1-18(2)36-23-14-13-19(15-24(23)35-3)16-29-30-25(34)17-37-27-32-31-26(21-11-7-8-12-22(21)28)33(27)20-9-5-4-6-10-20/h4-16,18H,17H2,1-3H3,(H,30,34)/b29-16-. The van der Waals surface area contributed by atoms with Gasteiger partial charge in [-0.3, -0.25) is 9.36 Å². The summed E-state index contributed by atoms with van der Waals surface area (Å²) in [5.41, 5.74) is 5.14. The summed E-state index contributed by atoms with van der Waals surface area (Å²) in [4.78, 5) is 12.5. The van der Waals surface area contributed by atoms with Crippen LogP contribution >= 0.6 is 27.7 Å². The largest absolute Gasteiger partial charge is 0.493 e. The molecule has 1 N–H and O–H groups in total. The van der Waals surface area contributed by atoms with Crippen LogP contribution in [0.15, 0.2) is 87.5 Å². The van der Waals surface area contributed by atoms with E-state index in [2.05, 4.69) is 36.7 Å². The predicted octanol–water partition coefficient (Wildman–Crippen LogP) is 5.74. The van der Waals surface area contributed by atoms with Crippen LogP contribution in [-0.4, -0.2) is 45.9 Å². The number of hydrazone groups is 1. The first-order valence-corrected chi connectivity index (χ1v) is 13.3. The van der Waals surface area contributed by atoms with Gasteiger partial charge < -0.3 is 9.47 Å². The molecule has 1 amide bonds. The molecule has 0 aliphatic heterocycles. The topological polar surface area (TPSA) is 90.6 Å². The van der Waals surface area contributed by atoms with Gasteiger partial charge in [0.15, 0.2) is 22.5 Å². The summed E-state index contributed by atoms with van der Waals surface area (Å²) in [6.45, 7) is 3.90. The van der Waals surface area contributed by atoms with Crippen molar-refractivity contribution >= 4 is 39.8 Å². The first kappa shape index (κ1) is 26.4. The van der Waals surface area contributed by atoms with Crippen LogP contribution in [0.3, 0.4) is 0 Å². The van der Waals surface area contributed by atoms with E-state index < -0.39 is 0 Å². The number of ether oxygens (including phenoxy) is 2. The van der Waals surface area contributed by atoms with Gasteiger partial charge in [-0.1, -0.05) is 64.1 Å². The fraction of sp³-hybridized carbons (Fsp3) is 0.185. The van der Waals surface area contributed by atoms with Gasteiger partial charge in [-0.15, -0.1) is 10.2 Å². The molecule has 190 valence electrons. The monoisotopic (exact) mass is 579 g/mol. The Morgan fingerprint density at radius 3 is 2.57 bits per heavy atom. The summed E-state index contributed by atoms with van der Waals surface area (Å²) in [7, 11) is 1.58. The van der Waals surface area contributed by atoms with Crippen molar-refractivity contribution in [3.8, 4) is 28.6 Å². The minimum absolute atomic E-state index is 0.0307. The number of amides is 1. The molecule has 1 aromatic heterocycles. The quantitative estimate of drug-likeness (QED) is 0.146. The van der Waals surface area contributed by atoms with Gasteiger partial charge in [0.25, 0.3) is 5.91 Å². The molecule has 4 rings (SSSR count). The molecule has 0 bridgehead atoms. The Labute approximate surface area is 228 Å². The van der Waals surface area contributed by atoms with E-state index in [1.54, 1.807) is 19.4 Å². The van der Waals surface area contributed by atoms with E-state index in [0.717, 1.165) is 21.3 Å². The minimum atomic E-state index is -0.266. The molecule has 0 radical (unpaired) electrons. The van der Waals surface area contributed by atoms with Gasteiger partial charge in [-0.2, -0.15) is 5.10 Å². The van der Waals surface area contributed by atoms with Gasteiger partial charge in [0.05, 0.1) is 25.2 Å². The number of nitrogens with zero attached hydrogens (tertiary/aromatic N) is 4. The minimum Gasteiger partial charge on any atom is -0.493 e. The van der Waals surface area contributed by atoms with Crippen molar-refractivity contribution in [1.82, 2.24) is 20.2 Å². The lowest BCUT2D eigenvalue weighted by Gasteiger charge is -2.13. The van der Waals surface area contributed by atoms with Crippen molar-refractivity contribution in [1.29, 1.82) is 0 Å². The highest BCUT2D eigenvalue weighted by atomic mass is 79.9. The van der Waals surface area contributed by atoms with Gasteiger partial charge in [0.2, 0.25) is 0 Å². The van der Waals surface area contributed by atoms with E-state index >= 15 is 0 Å². The molecule has 0 saturated heterocycles. The van der Waals surface area contributed by atoms with Crippen LogP contribution in [0.5, 0.6) is 11.5 Å². The lowest BCUT2D eigenvalue weighted by atomic mass is 10.2. The lowest BCUT2D eigenvalue weighted by Crippen LogP contribution is -2.20. The van der Waals surface area contributed by atoms with E-state index in [0.29, 0.717) is 22.5 Å². The maximum atomic E-state index is 12.5. The molecule has 0 fully saturated rings. The van der Waals surface area contributed by atoms with E-state index in [4.69, 9.17) is 9.47 Å². The third-order valence-electron chi connectivity index (χ3n) is 5.05. The summed E-state index contributed by atoms with van der Waals surface area (Å²) in [6, 6.07) is 23.1. The lowest BCUT2D eigenvalue weighted by molar-refractivity contribution is -0.118. The number of methoxy groups -OCH3 is 1. The number of hydrogen-bond donors (Lipinski definition) is 1. The van der Waals surface area contributed by atoms with Crippen LogP contribution in [0.4, 0.5) is 0 Å². The third-order valence-corrected chi connectivity index (χ3v) is 6.67. The third kappa shape index (κ3) is 6.78. The number of nitrogens with one attached hydrogen (secondary N) is 1. The van der Waals surface area contributed by atoms with Crippen molar-refractivity contribution in [3.05, 3.63) is 82.8 Å².